The van der Waals surface area contributed by atoms with Crippen LogP contribution in [0.3, 0.4) is 0 Å². The van der Waals surface area contributed by atoms with Gasteiger partial charge in [-0.2, -0.15) is 4.98 Å². The maximum atomic E-state index is 12.8. The Hall–Kier alpha value is -2.74. The van der Waals surface area contributed by atoms with E-state index < -0.39 is 0 Å². The molecule has 3 aromatic rings. The zero-order chi connectivity index (χ0) is 20.4. The third-order valence-corrected chi connectivity index (χ3v) is 5.76. The van der Waals surface area contributed by atoms with E-state index in [1.54, 1.807) is 0 Å². The molecule has 1 aromatic carbocycles. The number of nitrogens with one attached hydrogen (secondary N) is 1. The first-order valence-corrected chi connectivity index (χ1v) is 10.1. The second kappa shape index (κ2) is 8.10. The number of rotatable bonds is 6. The highest BCUT2D eigenvalue weighted by Crippen LogP contribution is 2.25. The number of fused-ring (bicyclic) bond motifs is 1. The van der Waals surface area contributed by atoms with Crippen LogP contribution in [0.25, 0.3) is 10.3 Å². The lowest BCUT2D eigenvalue weighted by atomic mass is 10.1. The van der Waals surface area contributed by atoms with Crippen molar-refractivity contribution >= 4 is 38.4 Å². The predicted molar refractivity (Wildman–Crippen MR) is 115 cm³/mol. The SMILES string of the molecule is CCN(CC)c1nc2ncn(CC(=O)Nc3c(C)cc(C)cc3C)c(=O)c2s1. The molecule has 0 bridgehead atoms. The van der Waals surface area contributed by atoms with Crippen molar-refractivity contribution in [2.24, 2.45) is 0 Å². The van der Waals surface area contributed by atoms with Gasteiger partial charge in [-0.05, 0) is 45.7 Å². The van der Waals surface area contributed by atoms with Crippen LogP contribution in [0.15, 0.2) is 23.3 Å². The molecule has 1 N–H and O–H groups in total. The van der Waals surface area contributed by atoms with Crippen LogP contribution in [-0.4, -0.2) is 33.5 Å². The Morgan fingerprint density at radius 1 is 1.18 bits per heavy atom. The molecule has 0 atom stereocenters. The van der Waals surface area contributed by atoms with Crippen molar-refractivity contribution in [3.8, 4) is 0 Å². The Kier molecular flexibility index (Phi) is 5.79. The smallest absolute Gasteiger partial charge is 0.273 e. The van der Waals surface area contributed by atoms with Gasteiger partial charge in [0.25, 0.3) is 5.56 Å². The summed E-state index contributed by atoms with van der Waals surface area (Å²) in [6, 6.07) is 4.04. The molecule has 0 saturated carbocycles. The lowest BCUT2D eigenvalue weighted by Crippen LogP contribution is -2.28. The third kappa shape index (κ3) is 3.91. The fraction of sp³-hybridized carbons (Fsp3) is 0.400. The van der Waals surface area contributed by atoms with Crippen molar-refractivity contribution in [1.82, 2.24) is 14.5 Å². The van der Waals surface area contributed by atoms with Crippen LogP contribution in [0.2, 0.25) is 0 Å². The Morgan fingerprint density at radius 3 is 2.43 bits per heavy atom. The van der Waals surface area contributed by atoms with E-state index in [9.17, 15) is 9.59 Å². The molecule has 0 fully saturated rings. The van der Waals surface area contributed by atoms with E-state index in [-0.39, 0.29) is 18.0 Å². The summed E-state index contributed by atoms with van der Waals surface area (Å²) in [5.74, 6) is -0.258. The quantitative estimate of drug-likeness (QED) is 0.688. The van der Waals surface area contributed by atoms with Crippen molar-refractivity contribution in [1.29, 1.82) is 0 Å². The number of anilines is 2. The lowest BCUT2D eigenvalue weighted by Gasteiger charge is -2.15. The van der Waals surface area contributed by atoms with E-state index in [2.05, 4.69) is 20.2 Å². The molecule has 3 rings (SSSR count). The van der Waals surface area contributed by atoms with E-state index in [0.29, 0.717) is 10.3 Å². The maximum absolute atomic E-state index is 12.8. The van der Waals surface area contributed by atoms with E-state index in [1.165, 1.54) is 22.2 Å². The molecule has 8 heteroatoms. The molecular weight excluding hydrogens is 374 g/mol. The van der Waals surface area contributed by atoms with E-state index >= 15 is 0 Å². The largest absolute Gasteiger partial charge is 0.349 e. The van der Waals surface area contributed by atoms with Crippen LogP contribution in [0.1, 0.15) is 30.5 Å². The molecule has 0 aliphatic carbocycles. The molecule has 0 aliphatic rings. The number of nitrogens with zero attached hydrogens (tertiary/aromatic N) is 4. The molecule has 0 saturated heterocycles. The maximum Gasteiger partial charge on any atom is 0.273 e. The number of carbonyl (C=O) groups excluding carboxylic acids is 1. The minimum Gasteiger partial charge on any atom is -0.349 e. The standard InChI is InChI=1S/C20H25N5O2S/c1-6-24(7-2)20-23-18-17(28-20)19(27)25(11-21-18)10-15(26)22-16-13(4)8-12(3)9-14(16)5/h8-9,11H,6-7,10H2,1-5H3,(H,22,26). The van der Waals surface area contributed by atoms with E-state index in [4.69, 9.17) is 0 Å². The summed E-state index contributed by atoms with van der Waals surface area (Å²) in [5, 5.41) is 3.70. The van der Waals surface area contributed by atoms with Crippen LogP contribution in [0, 0.1) is 20.8 Å². The molecule has 2 heterocycles. The molecule has 1 amide bonds. The van der Waals surface area contributed by atoms with Gasteiger partial charge in [0.15, 0.2) is 10.8 Å². The van der Waals surface area contributed by atoms with Crippen LogP contribution in [-0.2, 0) is 11.3 Å². The Balaban J connectivity index is 1.85. The van der Waals surface area contributed by atoms with Gasteiger partial charge < -0.3 is 10.2 Å². The summed E-state index contributed by atoms with van der Waals surface area (Å²) in [6.07, 6.45) is 1.39. The first kappa shape index (κ1) is 20.0. The zero-order valence-corrected chi connectivity index (χ0v) is 17.7. The molecule has 0 unspecified atom stereocenters. The van der Waals surface area contributed by atoms with Gasteiger partial charge >= 0.3 is 0 Å². The molecule has 28 heavy (non-hydrogen) atoms. The van der Waals surface area contributed by atoms with Gasteiger partial charge in [-0.3, -0.25) is 14.2 Å². The average molecular weight is 400 g/mol. The van der Waals surface area contributed by atoms with Gasteiger partial charge in [0.2, 0.25) is 5.91 Å². The summed E-state index contributed by atoms with van der Waals surface area (Å²) in [7, 11) is 0. The fourth-order valence-electron chi connectivity index (χ4n) is 3.29. The first-order chi connectivity index (χ1) is 13.3. The first-order valence-electron chi connectivity index (χ1n) is 9.32. The number of hydrogen-bond donors (Lipinski definition) is 1. The molecule has 0 aliphatic heterocycles. The molecule has 0 radical (unpaired) electrons. The van der Waals surface area contributed by atoms with Crippen LogP contribution >= 0.6 is 11.3 Å². The summed E-state index contributed by atoms with van der Waals surface area (Å²) in [4.78, 5) is 36.2. The molecule has 7 nitrogen and oxygen atoms in total. The van der Waals surface area contributed by atoms with Crippen molar-refractivity contribution in [2.75, 3.05) is 23.3 Å². The van der Waals surface area contributed by atoms with Crippen molar-refractivity contribution in [2.45, 2.75) is 41.2 Å². The van der Waals surface area contributed by atoms with Gasteiger partial charge in [0.05, 0.1) is 0 Å². The van der Waals surface area contributed by atoms with Gasteiger partial charge in [-0.15, -0.1) is 0 Å². The van der Waals surface area contributed by atoms with Crippen molar-refractivity contribution in [3.05, 3.63) is 45.5 Å². The number of benzene rings is 1. The highest BCUT2D eigenvalue weighted by Gasteiger charge is 2.16. The third-order valence-electron chi connectivity index (χ3n) is 4.66. The second-order valence-corrected chi connectivity index (χ2v) is 7.80. The Morgan fingerprint density at radius 2 is 1.82 bits per heavy atom. The van der Waals surface area contributed by atoms with Gasteiger partial charge in [0, 0.05) is 18.8 Å². The van der Waals surface area contributed by atoms with Crippen LogP contribution in [0.4, 0.5) is 10.8 Å². The highest BCUT2D eigenvalue weighted by molar-refractivity contribution is 7.22. The van der Waals surface area contributed by atoms with Crippen LogP contribution < -0.4 is 15.8 Å². The van der Waals surface area contributed by atoms with Gasteiger partial charge in [-0.1, -0.05) is 29.0 Å². The average Bonchev–Trinajstić information content (AvgIpc) is 3.06. The number of aryl methyl sites for hydroxylation is 3. The topological polar surface area (TPSA) is 80.1 Å². The summed E-state index contributed by atoms with van der Waals surface area (Å²) < 4.78 is 1.81. The minimum atomic E-state index is -0.258. The Bertz CT molecular complexity index is 1060. The number of hydrogen-bond acceptors (Lipinski definition) is 6. The van der Waals surface area contributed by atoms with Gasteiger partial charge in [0.1, 0.15) is 17.6 Å². The molecule has 2 aromatic heterocycles. The summed E-state index contributed by atoms with van der Waals surface area (Å²) in [5.41, 5.74) is 4.12. The summed E-state index contributed by atoms with van der Waals surface area (Å²) in [6.45, 7) is 11.6. The normalized spacial score (nSPS) is 11.0. The van der Waals surface area contributed by atoms with Crippen molar-refractivity contribution < 1.29 is 4.79 Å². The zero-order valence-electron chi connectivity index (χ0n) is 16.9. The molecular formula is C20H25N5O2S. The highest BCUT2D eigenvalue weighted by atomic mass is 32.1. The predicted octanol–water partition coefficient (Wildman–Crippen LogP) is 3.26. The lowest BCUT2D eigenvalue weighted by molar-refractivity contribution is -0.116. The molecule has 148 valence electrons. The number of carbonyl (C=O) groups is 1. The minimum absolute atomic E-state index is 0.0902. The number of thiazole rings is 1. The van der Waals surface area contributed by atoms with E-state index in [0.717, 1.165) is 40.6 Å². The number of amides is 1. The molecule has 0 spiro atoms. The fourth-order valence-corrected chi connectivity index (χ4v) is 4.38. The summed E-state index contributed by atoms with van der Waals surface area (Å²) >= 11 is 1.32. The van der Waals surface area contributed by atoms with Crippen LogP contribution in [0.5, 0.6) is 0 Å². The Labute approximate surface area is 168 Å². The number of aromatic nitrogens is 3. The van der Waals surface area contributed by atoms with E-state index in [1.807, 2.05) is 46.8 Å². The second-order valence-electron chi connectivity index (χ2n) is 6.82. The van der Waals surface area contributed by atoms with Crippen molar-refractivity contribution in [3.63, 3.8) is 0 Å². The monoisotopic (exact) mass is 399 g/mol. The van der Waals surface area contributed by atoms with Gasteiger partial charge in [-0.25, -0.2) is 4.98 Å².